The molecule has 13 heavy (non-hydrogen) atoms. The summed E-state index contributed by atoms with van der Waals surface area (Å²) in [6.07, 6.45) is 3.98. The van der Waals surface area contributed by atoms with Gasteiger partial charge in [-0.05, 0) is 6.26 Å². The minimum atomic E-state index is 0.0550. The quantitative estimate of drug-likeness (QED) is 0.726. The van der Waals surface area contributed by atoms with Crippen LogP contribution in [0.2, 0.25) is 5.02 Å². The molecular formula is C8H11ClN2OS. The smallest absolute Gasteiger partial charge is 0.183 e. The van der Waals surface area contributed by atoms with Crippen LogP contribution in [-0.2, 0) is 7.05 Å². The lowest BCUT2D eigenvalue weighted by Gasteiger charge is -2.00. The van der Waals surface area contributed by atoms with Gasteiger partial charge in [0, 0.05) is 19.2 Å². The Hall–Kier alpha value is -0.480. The van der Waals surface area contributed by atoms with Crippen LogP contribution in [0.3, 0.4) is 0 Å². The van der Waals surface area contributed by atoms with Gasteiger partial charge in [0.1, 0.15) is 5.69 Å². The third kappa shape index (κ3) is 2.48. The zero-order valence-electron chi connectivity index (χ0n) is 7.58. The summed E-state index contributed by atoms with van der Waals surface area (Å²) in [7, 11) is 1.72. The van der Waals surface area contributed by atoms with Crippen LogP contribution in [0.15, 0.2) is 6.20 Å². The van der Waals surface area contributed by atoms with Crippen LogP contribution in [-0.4, -0.2) is 27.6 Å². The first-order valence-electron chi connectivity index (χ1n) is 3.86. The van der Waals surface area contributed by atoms with Gasteiger partial charge in [-0.2, -0.15) is 16.9 Å². The van der Waals surface area contributed by atoms with Crippen molar-refractivity contribution in [3.63, 3.8) is 0 Å². The Labute approximate surface area is 86.5 Å². The van der Waals surface area contributed by atoms with E-state index in [4.69, 9.17) is 11.6 Å². The van der Waals surface area contributed by atoms with Gasteiger partial charge in [0.15, 0.2) is 5.78 Å². The first kappa shape index (κ1) is 10.6. The molecule has 5 heteroatoms. The number of aryl methyl sites for hydroxylation is 1. The highest BCUT2D eigenvalue weighted by Crippen LogP contribution is 2.16. The Morgan fingerprint density at radius 1 is 1.77 bits per heavy atom. The van der Waals surface area contributed by atoms with Crippen LogP contribution in [0, 0.1) is 0 Å². The van der Waals surface area contributed by atoms with Crippen molar-refractivity contribution in [3.8, 4) is 0 Å². The number of halogens is 1. The molecule has 1 aromatic heterocycles. The monoisotopic (exact) mass is 218 g/mol. The lowest BCUT2D eigenvalue weighted by Crippen LogP contribution is -2.08. The van der Waals surface area contributed by atoms with Crippen molar-refractivity contribution in [1.29, 1.82) is 0 Å². The summed E-state index contributed by atoms with van der Waals surface area (Å²) in [5.41, 5.74) is 0.510. The molecule has 0 spiro atoms. The highest BCUT2D eigenvalue weighted by Gasteiger charge is 2.14. The summed E-state index contributed by atoms with van der Waals surface area (Å²) in [4.78, 5) is 11.5. The second kappa shape index (κ2) is 4.67. The summed E-state index contributed by atoms with van der Waals surface area (Å²) in [6.45, 7) is 0. The van der Waals surface area contributed by atoms with E-state index >= 15 is 0 Å². The van der Waals surface area contributed by atoms with Crippen LogP contribution in [0.4, 0.5) is 0 Å². The lowest BCUT2D eigenvalue weighted by molar-refractivity contribution is 0.0980. The predicted molar refractivity (Wildman–Crippen MR) is 55.5 cm³/mol. The molecule has 0 saturated heterocycles. The molecule has 0 aliphatic rings. The van der Waals surface area contributed by atoms with E-state index in [0.717, 1.165) is 5.75 Å². The fourth-order valence-corrected chi connectivity index (χ4v) is 1.70. The SMILES string of the molecule is CSCCC(=O)c1c(Cl)cnn1C. The standard InChI is InChI=1S/C8H11ClN2OS/c1-11-8(6(9)5-10-11)7(12)3-4-13-2/h5H,3-4H2,1-2H3. The van der Waals surface area contributed by atoms with Gasteiger partial charge in [0.25, 0.3) is 0 Å². The van der Waals surface area contributed by atoms with E-state index in [0.29, 0.717) is 17.1 Å². The fraction of sp³-hybridized carbons (Fsp3) is 0.500. The van der Waals surface area contributed by atoms with E-state index in [9.17, 15) is 4.79 Å². The summed E-state index contributed by atoms with van der Waals surface area (Å²) >= 11 is 7.45. The minimum Gasteiger partial charge on any atom is -0.292 e. The number of hydrogen-bond donors (Lipinski definition) is 0. The molecule has 1 rings (SSSR count). The third-order valence-corrected chi connectivity index (χ3v) is 2.58. The van der Waals surface area contributed by atoms with Gasteiger partial charge < -0.3 is 0 Å². The minimum absolute atomic E-state index is 0.0550. The van der Waals surface area contributed by atoms with Gasteiger partial charge in [-0.15, -0.1) is 0 Å². The Bertz CT molecular complexity index is 292. The molecule has 3 nitrogen and oxygen atoms in total. The number of carbonyl (C=O) groups excluding carboxylic acids is 1. The molecule has 0 radical (unpaired) electrons. The number of carbonyl (C=O) groups is 1. The van der Waals surface area contributed by atoms with Crippen LogP contribution < -0.4 is 0 Å². The van der Waals surface area contributed by atoms with Crippen molar-refractivity contribution >= 4 is 29.1 Å². The molecule has 0 unspecified atom stereocenters. The predicted octanol–water partition coefficient (Wildman–Crippen LogP) is 2.01. The average molecular weight is 219 g/mol. The Morgan fingerprint density at radius 2 is 2.46 bits per heavy atom. The second-order valence-corrected chi connectivity index (χ2v) is 4.02. The summed E-state index contributed by atoms with van der Waals surface area (Å²) in [6, 6.07) is 0. The molecule has 0 fully saturated rings. The number of nitrogens with zero attached hydrogens (tertiary/aromatic N) is 2. The number of hydrogen-bond acceptors (Lipinski definition) is 3. The normalized spacial score (nSPS) is 10.4. The maximum absolute atomic E-state index is 11.5. The number of Topliss-reactive ketones (excluding diaryl/α,β-unsaturated/α-hetero) is 1. The Balaban J connectivity index is 2.76. The first-order valence-corrected chi connectivity index (χ1v) is 5.63. The molecule has 0 aliphatic carbocycles. The topological polar surface area (TPSA) is 34.9 Å². The van der Waals surface area contributed by atoms with E-state index < -0.39 is 0 Å². The van der Waals surface area contributed by atoms with Crippen molar-refractivity contribution in [1.82, 2.24) is 9.78 Å². The molecule has 1 aromatic rings. The third-order valence-electron chi connectivity index (χ3n) is 1.69. The Kier molecular flexibility index (Phi) is 3.81. The molecule has 0 aromatic carbocycles. The van der Waals surface area contributed by atoms with Crippen LogP contribution in [0.25, 0.3) is 0 Å². The molecule has 0 atom stereocenters. The zero-order chi connectivity index (χ0) is 9.84. The van der Waals surface area contributed by atoms with E-state index in [1.54, 1.807) is 18.8 Å². The molecule has 0 N–H and O–H groups in total. The van der Waals surface area contributed by atoms with Gasteiger partial charge in [0.05, 0.1) is 11.2 Å². The summed E-state index contributed by atoms with van der Waals surface area (Å²) in [5, 5.41) is 4.34. The molecule has 0 amide bonds. The van der Waals surface area contributed by atoms with Gasteiger partial charge in [-0.3, -0.25) is 9.48 Å². The molecule has 0 aliphatic heterocycles. The van der Waals surface area contributed by atoms with Crippen molar-refractivity contribution in [2.75, 3.05) is 12.0 Å². The number of rotatable bonds is 4. The van der Waals surface area contributed by atoms with Crippen molar-refractivity contribution in [2.45, 2.75) is 6.42 Å². The lowest BCUT2D eigenvalue weighted by atomic mass is 10.2. The van der Waals surface area contributed by atoms with Crippen molar-refractivity contribution in [3.05, 3.63) is 16.9 Å². The van der Waals surface area contributed by atoms with E-state index in [2.05, 4.69) is 5.10 Å². The first-order chi connectivity index (χ1) is 6.16. The van der Waals surface area contributed by atoms with Gasteiger partial charge in [-0.25, -0.2) is 0 Å². The van der Waals surface area contributed by atoms with E-state index in [1.165, 1.54) is 10.9 Å². The highest BCUT2D eigenvalue weighted by molar-refractivity contribution is 7.98. The summed E-state index contributed by atoms with van der Waals surface area (Å²) < 4.78 is 1.52. The molecule has 1 heterocycles. The van der Waals surface area contributed by atoms with Crippen LogP contribution >= 0.6 is 23.4 Å². The highest BCUT2D eigenvalue weighted by atomic mass is 35.5. The van der Waals surface area contributed by atoms with Gasteiger partial charge in [0.2, 0.25) is 0 Å². The van der Waals surface area contributed by atoms with Gasteiger partial charge in [-0.1, -0.05) is 11.6 Å². The number of aromatic nitrogens is 2. The van der Waals surface area contributed by atoms with E-state index in [-0.39, 0.29) is 5.78 Å². The maximum Gasteiger partial charge on any atom is 0.183 e. The molecule has 0 bridgehead atoms. The number of ketones is 1. The Morgan fingerprint density at radius 3 is 2.92 bits per heavy atom. The van der Waals surface area contributed by atoms with Crippen molar-refractivity contribution in [2.24, 2.45) is 7.05 Å². The molecule has 72 valence electrons. The molecule has 0 saturated carbocycles. The average Bonchev–Trinajstić information content (AvgIpc) is 2.42. The van der Waals surface area contributed by atoms with Crippen LogP contribution in [0.1, 0.15) is 16.9 Å². The summed E-state index contributed by atoms with van der Waals surface area (Å²) in [5.74, 6) is 0.875. The number of thioether (sulfide) groups is 1. The molecular weight excluding hydrogens is 208 g/mol. The van der Waals surface area contributed by atoms with E-state index in [1.807, 2.05) is 6.26 Å². The second-order valence-electron chi connectivity index (χ2n) is 2.63. The maximum atomic E-state index is 11.5. The van der Waals surface area contributed by atoms with Crippen molar-refractivity contribution < 1.29 is 4.79 Å². The van der Waals surface area contributed by atoms with Crippen LogP contribution in [0.5, 0.6) is 0 Å². The fourth-order valence-electron chi connectivity index (χ4n) is 1.04. The zero-order valence-corrected chi connectivity index (χ0v) is 9.15. The van der Waals surface area contributed by atoms with Gasteiger partial charge >= 0.3 is 0 Å². The largest absolute Gasteiger partial charge is 0.292 e.